The van der Waals surface area contributed by atoms with Crippen molar-refractivity contribution in [1.82, 2.24) is 4.90 Å². The lowest BCUT2D eigenvalue weighted by Gasteiger charge is -2.35. The molecule has 0 N–H and O–H groups in total. The number of carbonyl (C=O) groups is 1. The Morgan fingerprint density at radius 3 is 2.37 bits per heavy atom. The zero-order chi connectivity index (χ0) is 13.8. The molecule has 0 radical (unpaired) electrons. The van der Waals surface area contributed by atoms with Gasteiger partial charge in [-0.25, -0.2) is 0 Å². The average molecular weight is 259 g/mol. The Hall–Kier alpha value is -1.15. The second-order valence-corrected chi connectivity index (χ2v) is 5.79. The number of benzene rings is 1. The number of likely N-dealkylation sites (tertiary alicyclic amines) is 1. The smallest absolute Gasteiger partial charge is 0.179 e. The largest absolute Gasteiger partial charge is 0.293 e. The molecule has 2 heteroatoms. The third kappa shape index (κ3) is 3.44. The number of hydrogen-bond acceptors (Lipinski definition) is 2. The molecule has 0 saturated carbocycles. The zero-order valence-corrected chi connectivity index (χ0v) is 12.4. The van der Waals surface area contributed by atoms with E-state index in [1.807, 2.05) is 31.2 Å². The highest BCUT2D eigenvalue weighted by Crippen LogP contribution is 2.22. The van der Waals surface area contributed by atoms with Crippen LogP contribution in [0.3, 0.4) is 0 Å². The van der Waals surface area contributed by atoms with Gasteiger partial charge < -0.3 is 0 Å². The van der Waals surface area contributed by atoms with Crippen molar-refractivity contribution in [2.75, 3.05) is 13.1 Å². The normalized spacial score (nSPS) is 19.3. The lowest BCUT2D eigenvalue weighted by atomic mass is 9.92. The molecule has 0 amide bonds. The fraction of sp³-hybridized carbons (Fsp3) is 0.588. The van der Waals surface area contributed by atoms with Crippen LogP contribution in [-0.2, 0) is 0 Å². The van der Waals surface area contributed by atoms with E-state index < -0.39 is 0 Å². The second-order valence-electron chi connectivity index (χ2n) is 5.79. The van der Waals surface area contributed by atoms with E-state index in [2.05, 4.69) is 18.7 Å². The summed E-state index contributed by atoms with van der Waals surface area (Å²) in [6.07, 6.45) is 3.75. The lowest BCUT2D eigenvalue weighted by Crippen LogP contribution is -2.43. The van der Waals surface area contributed by atoms with Crippen LogP contribution in [0, 0.1) is 12.8 Å². The van der Waals surface area contributed by atoms with Crippen molar-refractivity contribution in [1.29, 1.82) is 0 Å². The third-order valence-corrected chi connectivity index (χ3v) is 4.49. The van der Waals surface area contributed by atoms with Gasteiger partial charge in [-0.3, -0.25) is 9.69 Å². The summed E-state index contributed by atoms with van der Waals surface area (Å²) in [4.78, 5) is 14.8. The number of carbonyl (C=O) groups excluding carboxylic acids is 1. The number of hydrogen-bond donors (Lipinski definition) is 0. The number of rotatable bonds is 4. The maximum absolute atomic E-state index is 12.5. The van der Waals surface area contributed by atoms with Crippen LogP contribution >= 0.6 is 0 Å². The Morgan fingerprint density at radius 2 is 1.84 bits per heavy atom. The Morgan fingerprint density at radius 1 is 1.26 bits per heavy atom. The van der Waals surface area contributed by atoms with Crippen LogP contribution in [0.1, 0.15) is 49.0 Å². The summed E-state index contributed by atoms with van der Waals surface area (Å²) in [5, 5.41) is 0. The fourth-order valence-electron chi connectivity index (χ4n) is 2.87. The summed E-state index contributed by atoms with van der Waals surface area (Å²) in [7, 11) is 0. The van der Waals surface area contributed by atoms with E-state index in [9.17, 15) is 4.79 Å². The van der Waals surface area contributed by atoms with Gasteiger partial charge in [0.05, 0.1) is 6.04 Å². The minimum Gasteiger partial charge on any atom is -0.293 e. The van der Waals surface area contributed by atoms with Crippen molar-refractivity contribution < 1.29 is 4.79 Å². The first kappa shape index (κ1) is 14.3. The molecule has 2 rings (SSSR count). The predicted octanol–water partition coefficient (Wildman–Crippen LogP) is 3.69. The minimum atomic E-state index is 0.0144. The Bertz CT molecular complexity index is 415. The van der Waals surface area contributed by atoms with E-state index in [0.717, 1.165) is 24.6 Å². The Labute approximate surface area is 116 Å². The highest BCUT2D eigenvalue weighted by Gasteiger charge is 2.26. The van der Waals surface area contributed by atoms with Crippen LogP contribution in [0.5, 0.6) is 0 Å². The fourth-order valence-corrected chi connectivity index (χ4v) is 2.87. The van der Waals surface area contributed by atoms with Crippen LogP contribution in [0.2, 0.25) is 0 Å². The quantitative estimate of drug-likeness (QED) is 0.769. The maximum Gasteiger partial charge on any atom is 0.179 e. The summed E-state index contributed by atoms with van der Waals surface area (Å²) < 4.78 is 0. The molecule has 1 aromatic rings. The first-order valence-corrected chi connectivity index (χ1v) is 7.46. The third-order valence-electron chi connectivity index (χ3n) is 4.49. The van der Waals surface area contributed by atoms with E-state index >= 15 is 0 Å². The number of Topliss-reactive ketones (excluding diaryl/α,β-unsaturated/α-hetero) is 1. The topological polar surface area (TPSA) is 20.3 Å². The molecular formula is C17H25NO. The number of nitrogens with zero attached hydrogens (tertiary/aromatic N) is 1. The van der Waals surface area contributed by atoms with Gasteiger partial charge in [-0.2, -0.15) is 0 Å². The molecule has 1 fully saturated rings. The average Bonchev–Trinajstić information content (AvgIpc) is 2.46. The highest BCUT2D eigenvalue weighted by atomic mass is 16.1. The molecule has 104 valence electrons. The molecule has 19 heavy (non-hydrogen) atoms. The monoisotopic (exact) mass is 259 g/mol. The molecule has 0 aromatic heterocycles. The number of aryl methyl sites for hydroxylation is 1. The van der Waals surface area contributed by atoms with Crippen LogP contribution in [0.15, 0.2) is 24.3 Å². The van der Waals surface area contributed by atoms with Gasteiger partial charge in [-0.1, -0.05) is 43.2 Å². The van der Waals surface area contributed by atoms with Gasteiger partial charge in [0.2, 0.25) is 0 Å². The SMILES string of the molecule is CCC1CCN(C(C)C(=O)c2ccc(C)cc2)CC1. The summed E-state index contributed by atoms with van der Waals surface area (Å²) in [6, 6.07) is 7.95. The van der Waals surface area contributed by atoms with Gasteiger partial charge in [0.1, 0.15) is 0 Å². The first-order chi connectivity index (χ1) is 9.11. The summed E-state index contributed by atoms with van der Waals surface area (Å²) in [6.45, 7) is 8.50. The van der Waals surface area contributed by atoms with Gasteiger partial charge in [0.15, 0.2) is 5.78 Å². The number of piperidine rings is 1. The van der Waals surface area contributed by atoms with Crippen molar-refractivity contribution in [2.24, 2.45) is 5.92 Å². The molecule has 1 saturated heterocycles. The molecule has 0 spiro atoms. The van der Waals surface area contributed by atoms with Crippen molar-refractivity contribution >= 4 is 5.78 Å². The van der Waals surface area contributed by atoms with E-state index in [1.54, 1.807) is 0 Å². The van der Waals surface area contributed by atoms with E-state index in [1.165, 1.54) is 24.8 Å². The van der Waals surface area contributed by atoms with E-state index in [4.69, 9.17) is 0 Å². The molecule has 1 atom stereocenters. The summed E-state index contributed by atoms with van der Waals surface area (Å²) >= 11 is 0. The number of ketones is 1. The van der Waals surface area contributed by atoms with Crippen molar-refractivity contribution in [3.05, 3.63) is 35.4 Å². The van der Waals surface area contributed by atoms with Gasteiger partial charge in [0, 0.05) is 5.56 Å². The zero-order valence-electron chi connectivity index (χ0n) is 12.4. The van der Waals surface area contributed by atoms with Gasteiger partial charge >= 0.3 is 0 Å². The maximum atomic E-state index is 12.5. The second kappa shape index (κ2) is 6.33. The standard InChI is InChI=1S/C17H25NO/c1-4-15-9-11-18(12-10-15)14(3)17(19)16-7-5-13(2)6-8-16/h5-8,14-15H,4,9-12H2,1-3H3. The molecule has 0 bridgehead atoms. The molecule has 0 aliphatic carbocycles. The predicted molar refractivity (Wildman–Crippen MR) is 79.6 cm³/mol. The molecular weight excluding hydrogens is 234 g/mol. The first-order valence-electron chi connectivity index (χ1n) is 7.46. The minimum absolute atomic E-state index is 0.0144. The van der Waals surface area contributed by atoms with Gasteiger partial charge in [0.25, 0.3) is 0 Å². The molecule has 1 unspecified atom stereocenters. The van der Waals surface area contributed by atoms with Crippen LogP contribution in [-0.4, -0.2) is 29.8 Å². The Kier molecular flexibility index (Phi) is 4.76. The molecule has 1 aliphatic rings. The summed E-state index contributed by atoms with van der Waals surface area (Å²) in [5.74, 6) is 1.12. The molecule has 2 nitrogen and oxygen atoms in total. The van der Waals surface area contributed by atoms with Gasteiger partial charge in [-0.15, -0.1) is 0 Å². The van der Waals surface area contributed by atoms with Gasteiger partial charge in [-0.05, 0) is 45.7 Å². The Balaban J connectivity index is 1.98. The van der Waals surface area contributed by atoms with Crippen LogP contribution in [0.4, 0.5) is 0 Å². The highest BCUT2D eigenvalue weighted by molar-refractivity contribution is 5.99. The van der Waals surface area contributed by atoms with E-state index in [0.29, 0.717) is 0 Å². The lowest BCUT2D eigenvalue weighted by molar-refractivity contribution is 0.0769. The van der Waals surface area contributed by atoms with Crippen LogP contribution < -0.4 is 0 Å². The van der Waals surface area contributed by atoms with E-state index in [-0.39, 0.29) is 11.8 Å². The molecule has 1 aromatic carbocycles. The van der Waals surface area contributed by atoms with Crippen molar-refractivity contribution in [3.63, 3.8) is 0 Å². The summed E-state index contributed by atoms with van der Waals surface area (Å²) in [5.41, 5.74) is 2.05. The van der Waals surface area contributed by atoms with Crippen molar-refractivity contribution in [2.45, 2.75) is 46.1 Å². The van der Waals surface area contributed by atoms with Crippen LogP contribution in [0.25, 0.3) is 0 Å². The molecule has 1 aliphatic heterocycles. The van der Waals surface area contributed by atoms with Crippen molar-refractivity contribution in [3.8, 4) is 0 Å². The molecule has 1 heterocycles.